The first-order valence-corrected chi connectivity index (χ1v) is 8.55. The zero-order valence-electron chi connectivity index (χ0n) is 9.36. The van der Waals surface area contributed by atoms with Gasteiger partial charge in [0.2, 0.25) is 0 Å². The smallest absolute Gasteiger partial charge is 0.361 e. The topological polar surface area (TPSA) is 183 Å². The number of carbonyl (C=O) groups is 2. The minimum absolute atomic E-state index is 0.700. The van der Waals surface area contributed by atoms with E-state index in [1.165, 1.54) is 0 Å². The third-order valence-corrected chi connectivity index (χ3v) is 5.16. The van der Waals surface area contributed by atoms with Gasteiger partial charge in [0.25, 0.3) is 0 Å². The van der Waals surface area contributed by atoms with Gasteiger partial charge in [-0.1, -0.05) is 0 Å². The van der Waals surface area contributed by atoms with Crippen LogP contribution >= 0.6 is 23.5 Å². The van der Waals surface area contributed by atoms with Gasteiger partial charge in [0.15, 0.2) is 0 Å². The number of hydrogen-bond donors (Lipinski definition) is 3. The minimum atomic E-state index is -5.63. The van der Waals surface area contributed by atoms with Gasteiger partial charge in [0, 0.05) is 13.8 Å². The predicted molar refractivity (Wildman–Crippen MR) is 55.2 cm³/mol. The van der Waals surface area contributed by atoms with Crippen LogP contribution < -0.4 is 0 Å². The summed E-state index contributed by atoms with van der Waals surface area (Å²) in [6.45, 7) is 1.40. The van der Waals surface area contributed by atoms with Crippen LogP contribution in [0, 0.1) is 0 Å². The molecule has 0 fully saturated rings. The fourth-order valence-corrected chi connectivity index (χ4v) is 4.05. The first kappa shape index (κ1) is 18.4. The van der Waals surface area contributed by atoms with Gasteiger partial charge in [-0.15, -0.1) is 0 Å². The Morgan fingerprint density at radius 1 is 0.842 bits per heavy atom. The molecule has 1 atom stereocenters. The monoisotopic (exact) mass is 342 g/mol. The van der Waals surface area contributed by atoms with Crippen molar-refractivity contribution in [2.75, 3.05) is 0 Å². The number of phosphoric ester groups is 1. The highest BCUT2D eigenvalue weighted by Gasteiger charge is 2.45. The summed E-state index contributed by atoms with van der Waals surface area (Å²) in [7, 11) is -16.3. The molecule has 0 aliphatic heterocycles. The second kappa shape index (κ2) is 6.25. The molecule has 0 saturated carbocycles. The van der Waals surface area contributed by atoms with E-state index < -0.39 is 35.4 Å². The number of hydrogen-bond acceptors (Lipinski definition) is 9. The Morgan fingerprint density at radius 3 is 1.47 bits per heavy atom. The molecule has 0 aliphatic carbocycles. The van der Waals surface area contributed by atoms with Crippen LogP contribution in [0.4, 0.5) is 0 Å². The Balaban J connectivity index is 5.17. The van der Waals surface area contributed by atoms with Crippen molar-refractivity contribution in [2.45, 2.75) is 13.8 Å². The largest absolute Gasteiger partial charge is 0.601 e. The summed E-state index contributed by atoms with van der Waals surface area (Å²) >= 11 is 0. The maximum atomic E-state index is 11.6. The summed E-state index contributed by atoms with van der Waals surface area (Å²) in [5.74, 6) is -2.64. The van der Waals surface area contributed by atoms with E-state index in [2.05, 4.69) is 17.7 Å². The minimum Gasteiger partial charge on any atom is -0.361 e. The van der Waals surface area contributed by atoms with Crippen molar-refractivity contribution < 1.29 is 55.6 Å². The van der Waals surface area contributed by atoms with Crippen LogP contribution in [0.3, 0.4) is 0 Å². The van der Waals surface area contributed by atoms with E-state index in [1.54, 1.807) is 0 Å². The van der Waals surface area contributed by atoms with Crippen LogP contribution in [0.5, 0.6) is 0 Å². The third-order valence-electron chi connectivity index (χ3n) is 0.893. The lowest BCUT2D eigenvalue weighted by Gasteiger charge is -2.17. The van der Waals surface area contributed by atoms with Crippen molar-refractivity contribution in [1.82, 2.24) is 0 Å². The van der Waals surface area contributed by atoms with Crippen LogP contribution in [-0.2, 0) is 41.0 Å². The highest BCUT2D eigenvalue weighted by atomic mass is 31.3. The van der Waals surface area contributed by atoms with E-state index in [0.29, 0.717) is 13.8 Å². The standard InChI is InChI=1S/C4H9O12P3/c1-3(5)13-19(12,14-4(2)6)16-18(10,11)15-17(7,8)9/h1-2H3,(H,10,11)(H2,7,8,9). The molecule has 0 spiro atoms. The fraction of sp³-hybridized carbons (Fsp3) is 0.500. The summed E-state index contributed by atoms with van der Waals surface area (Å²) < 4.78 is 47.7. The van der Waals surface area contributed by atoms with E-state index in [1.807, 2.05) is 0 Å². The zero-order chi connectivity index (χ0) is 15.5. The number of phosphoric acid groups is 3. The summed E-state index contributed by atoms with van der Waals surface area (Å²) in [4.78, 5) is 46.6. The maximum absolute atomic E-state index is 11.6. The molecule has 19 heavy (non-hydrogen) atoms. The van der Waals surface area contributed by atoms with Crippen LogP contribution in [0.15, 0.2) is 0 Å². The summed E-state index contributed by atoms with van der Waals surface area (Å²) in [5, 5.41) is 0. The molecule has 0 bridgehead atoms. The molecule has 0 aromatic heterocycles. The van der Waals surface area contributed by atoms with Gasteiger partial charge in [0.05, 0.1) is 0 Å². The van der Waals surface area contributed by atoms with E-state index in [9.17, 15) is 23.3 Å². The average Bonchev–Trinajstić information content (AvgIpc) is 1.89. The molecule has 0 heterocycles. The maximum Gasteiger partial charge on any atom is 0.601 e. The van der Waals surface area contributed by atoms with Crippen molar-refractivity contribution in [2.24, 2.45) is 0 Å². The first-order valence-electron chi connectivity index (χ1n) is 4.06. The lowest BCUT2D eigenvalue weighted by molar-refractivity contribution is -0.137. The van der Waals surface area contributed by atoms with E-state index in [4.69, 9.17) is 14.7 Å². The molecule has 0 rings (SSSR count). The SMILES string of the molecule is CC(=O)OP(=O)(OC(C)=O)OP(=O)(O)OP(=O)(O)O. The van der Waals surface area contributed by atoms with Gasteiger partial charge in [-0.2, -0.15) is 8.62 Å². The van der Waals surface area contributed by atoms with Gasteiger partial charge in [-0.25, -0.2) is 13.7 Å². The molecule has 0 radical (unpaired) electrons. The van der Waals surface area contributed by atoms with Crippen LogP contribution in [0.25, 0.3) is 0 Å². The molecule has 0 aromatic carbocycles. The van der Waals surface area contributed by atoms with Crippen LogP contribution in [0.1, 0.15) is 13.8 Å². The summed E-state index contributed by atoms with van der Waals surface area (Å²) in [5.41, 5.74) is 0. The van der Waals surface area contributed by atoms with E-state index in [-0.39, 0.29) is 0 Å². The van der Waals surface area contributed by atoms with Crippen molar-refractivity contribution in [3.8, 4) is 0 Å². The quantitative estimate of drug-likeness (QED) is 0.567. The van der Waals surface area contributed by atoms with Gasteiger partial charge >= 0.3 is 35.4 Å². The lowest BCUT2D eigenvalue weighted by Crippen LogP contribution is -2.06. The van der Waals surface area contributed by atoms with Gasteiger partial charge < -0.3 is 23.7 Å². The molecule has 15 heteroatoms. The van der Waals surface area contributed by atoms with Crippen LogP contribution in [-0.4, -0.2) is 26.6 Å². The average molecular weight is 342 g/mol. The highest BCUT2D eigenvalue weighted by molar-refractivity contribution is 7.67. The van der Waals surface area contributed by atoms with Crippen molar-refractivity contribution >= 4 is 35.4 Å². The molecule has 12 nitrogen and oxygen atoms in total. The normalized spacial score (nSPS) is 15.4. The van der Waals surface area contributed by atoms with Gasteiger partial charge in [-0.3, -0.25) is 9.59 Å². The van der Waals surface area contributed by atoms with E-state index >= 15 is 0 Å². The Morgan fingerprint density at radius 2 is 1.21 bits per heavy atom. The predicted octanol–water partition coefficient (Wildman–Crippen LogP) is 0.447. The molecule has 0 saturated heterocycles. The van der Waals surface area contributed by atoms with E-state index in [0.717, 1.165) is 0 Å². The van der Waals surface area contributed by atoms with Crippen molar-refractivity contribution in [3.63, 3.8) is 0 Å². The lowest BCUT2D eigenvalue weighted by atomic mass is 10.9. The van der Waals surface area contributed by atoms with Crippen molar-refractivity contribution in [3.05, 3.63) is 0 Å². The molecule has 1 unspecified atom stereocenters. The Kier molecular flexibility index (Phi) is 6.07. The molecular formula is C4H9O12P3. The fourth-order valence-electron chi connectivity index (χ4n) is 0.643. The Hall–Kier alpha value is -0.570. The second-order valence-electron chi connectivity index (χ2n) is 2.74. The summed E-state index contributed by atoms with van der Waals surface area (Å²) in [6, 6.07) is 0. The highest BCUT2D eigenvalue weighted by Crippen LogP contribution is 2.68. The third kappa shape index (κ3) is 9.04. The summed E-state index contributed by atoms with van der Waals surface area (Å²) in [6.07, 6.45) is 0. The van der Waals surface area contributed by atoms with Crippen molar-refractivity contribution in [1.29, 1.82) is 0 Å². The number of carbonyl (C=O) groups excluding carboxylic acids is 2. The Bertz CT molecular complexity index is 481. The molecule has 0 aromatic rings. The molecular weight excluding hydrogens is 333 g/mol. The first-order chi connectivity index (χ1) is 8.25. The molecule has 3 N–H and O–H groups in total. The zero-order valence-corrected chi connectivity index (χ0v) is 12.0. The Labute approximate surface area is 106 Å². The molecule has 112 valence electrons. The molecule has 0 amide bonds. The van der Waals surface area contributed by atoms with Gasteiger partial charge in [-0.05, 0) is 0 Å². The molecule has 0 aliphatic rings. The second-order valence-corrected chi connectivity index (χ2v) is 7.22. The van der Waals surface area contributed by atoms with Gasteiger partial charge in [0.1, 0.15) is 0 Å². The number of rotatable bonds is 6. The van der Waals surface area contributed by atoms with Crippen LogP contribution in [0.2, 0.25) is 0 Å².